The minimum atomic E-state index is -0.834. The summed E-state index contributed by atoms with van der Waals surface area (Å²) in [6.45, 7) is 10.6. The van der Waals surface area contributed by atoms with E-state index in [4.69, 9.17) is 29.4 Å². The summed E-state index contributed by atoms with van der Waals surface area (Å²) in [5, 5.41) is 11.5. The number of phenolic OH excluding ortho intramolecular Hbond substituents is 1. The number of aromatic hydroxyl groups is 1. The Kier molecular flexibility index (Phi) is 7.23. The topological polar surface area (TPSA) is 133 Å². The summed E-state index contributed by atoms with van der Waals surface area (Å²) in [6.07, 6.45) is 2.55. The van der Waals surface area contributed by atoms with E-state index < -0.39 is 24.0 Å². The Morgan fingerprint density at radius 2 is 1.98 bits per heavy atom. The second-order valence-corrected chi connectivity index (χ2v) is 13.3. The van der Waals surface area contributed by atoms with Crippen LogP contribution in [0.5, 0.6) is 28.7 Å². The highest BCUT2D eigenvalue weighted by Gasteiger charge is 2.58. The summed E-state index contributed by atoms with van der Waals surface area (Å²) in [5.74, 6) is 1.50. The smallest absolute Gasteiger partial charge is 0.323 e. The Labute approximate surface area is 260 Å². The molecule has 0 amide bonds. The van der Waals surface area contributed by atoms with Gasteiger partial charge in [-0.2, -0.15) is 0 Å². The van der Waals surface area contributed by atoms with Gasteiger partial charge >= 0.3 is 11.9 Å². The second-order valence-electron chi connectivity index (χ2n) is 12.1. The number of carbonyl (C=O) groups excluding carboxylic acids is 2. The second kappa shape index (κ2) is 10.9. The molecule has 2 aromatic rings. The van der Waals surface area contributed by atoms with Gasteiger partial charge < -0.3 is 34.5 Å². The minimum absolute atomic E-state index is 0.0193. The highest BCUT2D eigenvalue weighted by atomic mass is 32.2. The van der Waals surface area contributed by atoms with Gasteiger partial charge in [0.2, 0.25) is 6.79 Å². The van der Waals surface area contributed by atoms with Crippen LogP contribution in [0.1, 0.15) is 57.6 Å². The maximum absolute atomic E-state index is 13.0. The Morgan fingerprint density at radius 3 is 2.70 bits per heavy atom. The lowest BCUT2D eigenvalue weighted by molar-refractivity contribution is -0.149. The number of hydrogen-bond donors (Lipinski definition) is 2. The fourth-order valence-corrected chi connectivity index (χ4v) is 9.49. The van der Waals surface area contributed by atoms with E-state index in [0.717, 1.165) is 27.8 Å². The zero-order valence-electron chi connectivity index (χ0n) is 25.3. The molecule has 0 aromatic heterocycles. The Balaban J connectivity index is 1.55. The molecule has 0 spiro atoms. The van der Waals surface area contributed by atoms with Crippen molar-refractivity contribution in [1.29, 1.82) is 0 Å². The number of esters is 2. The van der Waals surface area contributed by atoms with Gasteiger partial charge in [-0.1, -0.05) is 12.1 Å². The molecule has 0 aliphatic carbocycles. The van der Waals surface area contributed by atoms with E-state index in [1.165, 1.54) is 18.7 Å². The summed E-state index contributed by atoms with van der Waals surface area (Å²) in [6, 6.07) is 0.267. The molecule has 6 heterocycles. The molecule has 8 rings (SSSR count). The molecule has 11 nitrogen and oxygen atoms in total. The molecule has 2 saturated heterocycles. The number of fused-ring (bicyclic) bond motifs is 6. The predicted octanol–water partition coefficient (Wildman–Crippen LogP) is 3.22. The lowest BCUT2D eigenvalue weighted by atomic mass is 9.78. The number of piperazine rings is 1. The normalized spacial score (nSPS) is 30.0. The number of hydrogen-bond acceptors (Lipinski definition) is 12. The molecular formula is C32H37N3O8S. The van der Waals surface area contributed by atoms with Gasteiger partial charge in [0.15, 0.2) is 23.0 Å². The van der Waals surface area contributed by atoms with Crippen molar-refractivity contribution in [2.24, 2.45) is 5.73 Å². The van der Waals surface area contributed by atoms with Crippen LogP contribution in [0.3, 0.4) is 0 Å². The molecule has 2 aromatic carbocycles. The van der Waals surface area contributed by atoms with Crippen LogP contribution >= 0.6 is 11.8 Å². The number of aryl methyl sites for hydroxylation is 1. The van der Waals surface area contributed by atoms with Crippen molar-refractivity contribution in [2.45, 2.75) is 62.7 Å². The van der Waals surface area contributed by atoms with E-state index >= 15 is 0 Å². The van der Waals surface area contributed by atoms with Gasteiger partial charge in [-0.05, 0) is 31.4 Å². The first-order chi connectivity index (χ1) is 21.2. The predicted molar refractivity (Wildman–Crippen MR) is 163 cm³/mol. The van der Waals surface area contributed by atoms with E-state index in [2.05, 4.69) is 22.4 Å². The molecule has 2 fully saturated rings. The quantitative estimate of drug-likeness (QED) is 0.294. The summed E-state index contributed by atoms with van der Waals surface area (Å²) >= 11 is 1.54. The zero-order valence-corrected chi connectivity index (χ0v) is 26.1. The van der Waals surface area contributed by atoms with Crippen LogP contribution in [-0.4, -0.2) is 84.3 Å². The van der Waals surface area contributed by atoms with Gasteiger partial charge in [0.25, 0.3) is 0 Å². The molecule has 7 atom stereocenters. The highest BCUT2D eigenvalue weighted by molar-refractivity contribution is 7.99. The molecule has 234 valence electrons. The van der Waals surface area contributed by atoms with Crippen LogP contribution in [0.15, 0.2) is 18.7 Å². The number of nitrogens with two attached hydrogens (primary N) is 1. The van der Waals surface area contributed by atoms with Gasteiger partial charge in [0.1, 0.15) is 18.4 Å². The zero-order chi connectivity index (χ0) is 31.0. The van der Waals surface area contributed by atoms with Crippen LogP contribution in [0, 0.1) is 13.8 Å². The molecule has 6 aliphatic heterocycles. The van der Waals surface area contributed by atoms with E-state index in [1.54, 1.807) is 7.11 Å². The van der Waals surface area contributed by atoms with Crippen molar-refractivity contribution in [3.8, 4) is 28.7 Å². The van der Waals surface area contributed by atoms with Gasteiger partial charge in [-0.15, -0.1) is 18.3 Å². The first-order valence-electron chi connectivity index (χ1n) is 14.9. The fourth-order valence-electron chi connectivity index (χ4n) is 8.05. The minimum Gasteiger partial charge on any atom is -0.504 e. The molecule has 0 radical (unpaired) electrons. The average molecular weight is 624 g/mol. The van der Waals surface area contributed by atoms with Gasteiger partial charge in [-0.3, -0.25) is 19.4 Å². The van der Waals surface area contributed by atoms with E-state index in [9.17, 15) is 14.7 Å². The van der Waals surface area contributed by atoms with Crippen LogP contribution in [0.4, 0.5) is 0 Å². The number of cyclic esters (lactones) is 1. The molecular weight excluding hydrogens is 586 g/mol. The van der Waals surface area contributed by atoms with Crippen LogP contribution in [-0.2, 0) is 20.7 Å². The fraction of sp³-hybridized carbons (Fsp3) is 0.500. The third kappa shape index (κ3) is 4.22. The van der Waals surface area contributed by atoms with Crippen molar-refractivity contribution in [1.82, 2.24) is 9.80 Å². The molecule has 4 unspecified atom stereocenters. The first-order valence-corrected chi connectivity index (χ1v) is 15.9. The van der Waals surface area contributed by atoms with Gasteiger partial charge in [-0.25, -0.2) is 0 Å². The molecule has 0 saturated carbocycles. The van der Waals surface area contributed by atoms with E-state index in [0.29, 0.717) is 48.1 Å². The summed E-state index contributed by atoms with van der Waals surface area (Å²) < 4.78 is 29.7. The third-order valence-corrected chi connectivity index (χ3v) is 11.0. The number of ether oxygens (including phenoxy) is 5. The number of thioether (sulfide) groups is 1. The average Bonchev–Trinajstić information content (AvgIpc) is 3.36. The number of rotatable bonds is 4. The maximum Gasteiger partial charge on any atom is 0.323 e. The highest BCUT2D eigenvalue weighted by Crippen LogP contribution is 2.63. The third-order valence-electron chi connectivity index (χ3n) is 9.56. The Hall–Kier alpha value is -3.45. The van der Waals surface area contributed by atoms with Crippen molar-refractivity contribution in [3.63, 3.8) is 0 Å². The Morgan fingerprint density at radius 1 is 1.20 bits per heavy atom. The number of benzene rings is 2. The van der Waals surface area contributed by atoms with Gasteiger partial charge in [0.05, 0.1) is 24.4 Å². The SMILES string of the molecule is C=CCN1C[C@H]2Cc3cc(C)c(OC)c(O)c3C1C1[C@@H]3SCC(N)C(=O)OC[C@@H](c4c5c(c(C)c(OC(C)=O)c43)OCO5)N12. The number of nitrogens with zero attached hydrogens (tertiary/aromatic N) is 2. The number of methoxy groups -OCH3 is 1. The van der Waals surface area contributed by atoms with Crippen LogP contribution < -0.4 is 24.7 Å². The van der Waals surface area contributed by atoms with E-state index in [1.807, 2.05) is 19.9 Å². The summed E-state index contributed by atoms with van der Waals surface area (Å²) in [5.41, 5.74) is 11.4. The van der Waals surface area contributed by atoms with Crippen molar-refractivity contribution in [2.75, 3.05) is 39.4 Å². The first kappa shape index (κ1) is 29.3. The van der Waals surface area contributed by atoms with Crippen LogP contribution in [0.25, 0.3) is 0 Å². The van der Waals surface area contributed by atoms with E-state index in [-0.39, 0.29) is 48.3 Å². The molecule has 6 aliphatic rings. The largest absolute Gasteiger partial charge is 0.504 e. The number of carbonyl (C=O) groups is 2. The summed E-state index contributed by atoms with van der Waals surface area (Å²) in [4.78, 5) is 30.4. The van der Waals surface area contributed by atoms with Crippen molar-refractivity contribution in [3.05, 3.63) is 52.1 Å². The molecule has 4 bridgehead atoms. The van der Waals surface area contributed by atoms with Crippen molar-refractivity contribution >= 4 is 23.7 Å². The monoisotopic (exact) mass is 623 g/mol. The summed E-state index contributed by atoms with van der Waals surface area (Å²) in [7, 11) is 1.57. The van der Waals surface area contributed by atoms with Crippen LogP contribution in [0.2, 0.25) is 0 Å². The van der Waals surface area contributed by atoms with Gasteiger partial charge in [0, 0.05) is 60.1 Å². The molecule has 12 heteroatoms. The number of phenols is 1. The lowest BCUT2D eigenvalue weighted by Crippen LogP contribution is -2.64. The van der Waals surface area contributed by atoms with Crippen molar-refractivity contribution < 1.29 is 38.4 Å². The standard InChI is InChI=1S/C32H37N3O8S/c1-6-7-34-10-18-9-17-8-14(2)27(39-5)26(37)21(17)24(34)25-31-23-22(20(35(18)25)11-40-32(38)19(33)12-44-31)30-29(41-13-42-30)15(3)28(23)43-16(4)36/h6,8,18-20,24-25,31,37H,1,7,9-13,33H2,2-5H3/t18-,19?,20+,24?,25?,31-/m1/s1. The Bertz CT molecular complexity index is 1580. The molecule has 44 heavy (non-hydrogen) atoms. The molecule has 3 N–H and O–H groups in total. The maximum atomic E-state index is 13.0. The lowest BCUT2D eigenvalue weighted by Gasteiger charge is -2.58.